The molecule has 2 rings (SSSR count). The Labute approximate surface area is 88.3 Å². The molecular weight excluding hydrogens is 194 g/mol. The van der Waals surface area contributed by atoms with Crippen molar-refractivity contribution >= 4 is 5.97 Å². The van der Waals surface area contributed by atoms with Gasteiger partial charge in [0, 0.05) is 19.4 Å². The molecule has 0 amide bonds. The summed E-state index contributed by atoms with van der Waals surface area (Å²) in [6.45, 7) is 1.48. The topological polar surface area (TPSA) is 58.4 Å². The van der Waals surface area contributed by atoms with Gasteiger partial charge in [-0.2, -0.15) is 0 Å². The van der Waals surface area contributed by atoms with Crippen molar-refractivity contribution in [1.29, 1.82) is 0 Å². The maximum absolute atomic E-state index is 11.0. The number of carbonyl (C=O) groups is 1. The second-order valence-corrected chi connectivity index (χ2v) is 3.92. The van der Waals surface area contributed by atoms with Crippen LogP contribution in [0.25, 0.3) is 0 Å². The van der Waals surface area contributed by atoms with Gasteiger partial charge in [-0.3, -0.25) is 9.69 Å². The molecule has 1 saturated heterocycles. The minimum absolute atomic E-state index is 0.332. The molecule has 1 fully saturated rings. The standard InChI is InChI=1S/C10H15N3O2/c1-12-6-4-11-9(12)7-13-5-2-3-8(13)10(14)15/h4,6,8H,2-3,5,7H2,1H3,(H,14,15). The lowest BCUT2D eigenvalue weighted by Crippen LogP contribution is -2.36. The van der Waals surface area contributed by atoms with Gasteiger partial charge in [0.2, 0.25) is 0 Å². The summed E-state index contributed by atoms with van der Waals surface area (Å²) in [4.78, 5) is 17.1. The Hall–Kier alpha value is -1.36. The van der Waals surface area contributed by atoms with E-state index in [9.17, 15) is 4.79 Å². The number of aromatic nitrogens is 2. The van der Waals surface area contributed by atoms with Crippen molar-refractivity contribution in [2.24, 2.45) is 7.05 Å². The molecule has 15 heavy (non-hydrogen) atoms. The summed E-state index contributed by atoms with van der Waals surface area (Å²) in [6, 6.07) is -0.332. The Bertz CT molecular complexity index is 361. The third kappa shape index (κ3) is 2.02. The number of aryl methyl sites for hydroxylation is 1. The molecule has 1 aliphatic heterocycles. The van der Waals surface area contributed by atoms with E-state index in [0.717, 1.165) is 25.2 Å². The van der Waals surface area contributed by atoms with Crippen molar-refractivity contribution in [3.05, 3.63) is 18.2 Å². The third-order valence-corrected chi connectivity index (χ3v) is 2.91. The maximum Gasteiger partial charge on any atom is 0.320 e. The van der Waals surface area contributed by atoms with Gasteiger partial charge in [-0.15, -0.1) is 0 Å². The van der Waals surface area contributed by atoms with Crippen LogP contribution in [0.15, 0.2) is 12.4 Å². The first-order valence-corrected chi connectivity index (χ1v) is 5.11. The van der Waals surface area contributed by atoms with Crippen LogP contribution < -0.4 is 0 Å². The molecule has 0 saturated carbocycles. The minimum atomic E-state index is -0.721. The van der Waals surface area contributed by atoms with E-state index in [0.29, 0.717) is 6.54 Å². The molecule has 5 heteroatoms. The van der Waals surface area contributed by atoms with Crippen molar-refractivity contribution < 1.29 is 9.90 Å². The van der Waals surface area contributed by atoms with Crippen LogP contribution in [-0.4, -0.2) is 38.1 Å². The molecule has 5 nitrogen and oxygen atoms in total. The lowest BCUT2D eigenvalue weighted by Gasteiger charge is -2.20. The van der Waals surface area contributed by atoms with Gasteiger partial charge in [-0.25, -0.2) is 4.98 Å². The van der Waals surface area contributed by atoms with Gasteiger partial charge < -0.3 is 9.67 Å². The molecule has 2 heterocycles. The van der Waals surface area contributed by atoms with Crippen LogP contribution in [0.1, 0.15) is 18.7 Å². The highest BCUT2D eigenvalue weighted by molar-refractivity contribution is 5.73. The van der Waals surface area contributed by atoms with Gasteiger partial charge in [-0.1, -0.05) is 0 Å². The molecule has 1 atom stereocenters. The molecule has 1 aliphatic rings. The molecular formula is C10H15N3O2. The highest BCUT2D eigenvalue weighted by Gasteiger charge is 2.30. The molecule has 82 valence electrons. The predicted octanol–water partition coefficient (Wildman–Crippen LogP) is 0.469. The maximum atomic E-state index is 11.0. The van der Waals surface area contributed by atoms with Gasteiger partial charge in [0.25, 0.3) is 0 Å². The number of imidazole rings is 1. The average molecular weight is 209 g/mol. The number of hydrogen-bond donors (Lipinski definition) is 1. The summed E-state index contributed by atoms with van der Waals surface area (Å²) in [5.41, 5.74) is 0. The van der Waals surface area contributed by atoms with E-state index >= 15 is 0 Å². The van der Waals surface area contributed by atoms with Gasteiger partial charge in [0.1, 0.15) is 11.9 Å². The molecule has 0 aliphatic carbocycles. The molecule has 0 bridgehead atoms. The van der Waals surface area contributed by atoms with E-state index in [1.165, 1.54) is 0 Å². The zero-order chi connectivity index (χ0) is 10.8. The third-order valence-electron chi connectivity index (χ3n) is 2.91. The number of rotatable bonds is 3. The highest BCUT2D eigenvalue weighted by atomic mass is 16.4. The molecule has 0 spiro atoms. The number of carboxylic acids is 1. The number of likely N-dealkylation sites (tertiary alicyclic amines) is 1. The first kappa shape index (κ1) is 10.2. The average Bonchev–Trinajstić information content (AvgIpc) is 2.77. The second-order valence-electron chi connectivity index (χ2n) is 3.92. The SMILES string of the molecule is Cn1ccnc1CN1CCCC1C(=O)O. The van der Waals surface area contributed by atoms with Gasteiger partial charge >= 0.3 is 5.97 Å². The summed E-state index contributed by atoms with van der Waals surface area (Å²) in [7, 11) is 1.92. The van der Waals surface area contributed by atoms with Crippen LogP contribution in [-0.2, 0) is 18.4 Å². The number of aliphatic carboxylic acids is 1. The summed E-state index contributed by atoms with van der Waals surface area (Å²) < 4.78 is 1.93. The van der Waals surface area contributed by atoms with Crippen LogP contribution in [0.5, 0.6) is 0 Å². The van der Waals surface area contributed by atoms with Crippen LogP contribution in [0.3, 0.4) is 0 Å². The Balaban J connectivity index is 2.06. The fourth-order valence-corrected chi connectivity index (χ4v) is 2.03. The first-order chi connectivity index (χ1) is 7.18. The fourth-order valence-electron chi connectivity index (χ4n) is 2.03. The summed E-state index contributed by atoms with van der Waals surface area (Å²) in [6.07, 6.45) is 5.32. The first-order valence-electron chi connectivity index (χ1n) is 5.11. The zero-order valence-corrected chi connectivity index (χ0v) is 8.76. The molecule has 1 aromatic rings. The van der Waals surface area contributed by atoms with Crippen molar-refractivity contribution in [2.45, 2.75) is 25.4 Å². The molecule has 1 N–H and O–H groups in total. The molecule has 1 aromatic heterocycles. The predicted molar refractivity (Wildman–Crippen MR) is 54.3 cm³/mol. The van der Waals surface area contributed by atoms with Crippen molar-refractivity contribution in [3.8, 4) is 0 Å². The van der Waals surface area contributed by atoms with E-state index in [4.69, 9.17) is 5.11 Å². The van der Waals surface area contributed by atoms with Gasteiger partial charge in [-0.05, 0) is 19.4 Å². The summed E-state index contributed by atoms with van der Waals surface area (Å²) >= 11 is 0. The summed E-state index contributed by atoms with van der Waals surface area (Å²) in [5.74, 6) is 0.199. The van der Waals surface area contributed by atoms with Crippen LogP contribution >= 0.6 is 0 Å². The van der Waals surface area contributed by atoms with Crippen molar-refractivity contribution in [3.63, 3.8) is 0 Å². The van der Waals surface area contributed by atoms with E-state index in [1.807, 2.05) is 22.7 Å². The zero-order valence-electron chi connectivity index (χ0n) is 8.76. The number of carboxylic acid groups (broad SMARTS) is 1. The normalized spacial score (nSPS) is 22.1. The Kier molecular flexibility index (Phi) is 2.73. The monoisotopic (exact) mass is 209 g/mol. The van der Waals surface area contributed by atoms with E-state index in [1.54, 1.807) is 6.20 Å². The number of nitrogens with zero attached hydrogens (tertiary/aromatic N) is 3. The summed E-state index contributed by atoms with van der Waals surface area (Å²) in [5, 5.41) is 9.01. The van der Waals surface area contributed by atoms with Crippen LogP contribution in [0, 0.1) is 0 Å². The Morgan fingerprint density at radius 1 is 1.73 bits per heavy atom. The lowest BCUT2D eigenvalue weighted by atomic mass is 10.2. The second kappa shape index (κ2) is 4.02. The molecule has 0 radical (unpaired) electrons. The van der Waals surface area contributed by atoms with Crippen LogP contribution in [0.2, 0.25) is 0 Å². The fraction of sp³-hybridized carbons (Fsp3) is 0.600. The molecule has 1 unspecified atom stereocenters. The van der Waals surface area contributed by atoms with Crippen LogP contribution in [0.4, 0.5) is 0 Å². The van der Waals surface area contributed by atoms with E-state index < -0.39 is 5.97 Å². The Morgan fingerprint density at radius 3 is 3.13 bits per heavy atom. The lowest BCUT2D eigenvalue weighted by molar-refractivity contribution is -0.142. The van der Waals surface area contributed by atoms with Crippen molar-refractivity contribution in [1.82, 2.24) is 14.5 Å². The quantitative estimate of drug-likeness (QED) is 0.786. The largest absolute Gasteiger partial charge is 0.480 e. The van der Waals surface area contributed by atoms with E-state index in [2.05, 4.69) is 4.98 Å². The smallest absolute Gasteiger partial charge is 0.320 e. The number of hydrogen-bond acceptors (Lipinski definition) is 3. The highest BCUT2D eigenvalue weighted by Crippen LogP contribution is 2.19. The minimum Gasteiger partial charge on any atom is -0.480 e. The Morgan fingerprint density at radius 2 is 2.53 bits per heavy atom. The van der Waals surface area contributed by atoms with Gasteiger partial charge in [0.05, 0.1) is 6.54 Å². The van der Waals surface area contributed by atoms with Gasteiger partial charge in [0.15, 0.2) is 0 Å². The molecule has 0 aromatic carbocycles. The van der Waals surface area contributed by atoms with Crippen molar-refractivity contribution in [2.75, 3.05) is 6.54 Å². The van der Waals surface area contributed by atoms with E-state index in [-0.39, 0.29) is 6.04 Å².